The van der Waals surface area contributed by atoms with Gasteiger partial charge in [0.25, 0.3) is 0 Å². The van der Waals surface area contributed by atoms with Gasteiger partial charge in [-0.3, -0.25) is 9.69 Å². The molecule has 2 aliphatic rings. The first-order valence-electron chi connectivity index (χ1n) is 10.6. The summed E-state index contributed by atoms with van der Waals surface area (Å²) in [6.07, 6.45) is 4.77. The first kappa shape index (κ1) is 24.2. The van der Waals surface area contributed by atoms with Gasteiger partial charge in [0.05, 0.1) is 29.6 Å². The van der Waals surface area contributed by atoms with E-state index in [-0.39, 0.29) is 24.4 Å². The highest BCUT2D eigenvalue weighted by molar-refractivity contribution is 6.42. The maximum absolute atomic E-state index is 13.3. The Labute approximate surface area is 200 Å². The maximum Gasteiger partial charge on any atom is 0.227 e. The fourth-order valence-corrected chi connectivity index (χ4v) is 5.32. The molecule has 4 nitrogen and oxygen atoms in total. The molecule has 0 radical (unpaired) electrons. The minimum atomic E-state index is 0. The lowest BCUT2D eigenvalue weighted by atomic mass is 9.81. The van der Waals surface area contributed by atoms with Gasteiger partial charge >= 0.3 is 0 Å². The van der Waals surface area contributed by atoms with Crippen molar-refractivity contribution in [1.82, 2.24) is 9.80 Å². The lowest BCUT2D eigenvalue weighted by Crippen LogP contribution is -2.48. The zero-order chi connectivity index (χ0) is 21.3. The predicted octanol–water partition coefficient (Wildman–Crippen LogP) is 5.58. The largest absolute Gasteiger partial charge is 0.496 e. The van der Waals surface area contributed by atoms with Crippen molar-refractivity contribution in [2.24, 2.45) is 0 Å². The normalized spacial score (nSPS) is 20.6. The number of amides is 1. The number of rotatable bonds is 5. The summed E-state index contributed by atoms with van der Waals surface area (Å²) < 4.78 is 5.64. The van der Waals surface area contributed by atoms with E-state index >= 15 is 0 Å². The van der Waals surface area contributed by atoms with Crippen molar-refractivity contribution in [3.8, 4) is 5.75 Å². The highest BCUT2D eigenvalue weighted by Gasteiger charge is 2.39. The van der Waals surface area contributed by atoms with E-state index < -0.39 is 0 Å². The van der Waals surface area contributed by atoms with Crippen LogP contribution in [0.5, 0.6) is 5.75 Å². The number of carbonyl (C=O) groups is 1. The number of ether oxygens (including phenoxy) is 1. The summed E-state index contributed by atoms with van der Waals surface area (Å²) in [6.45, 7) is 2.21. The number of hydrogen-bond acceptors (Lipinski definition) is 3. The highest BCUT2D eigenvalue weighted by atomic mass is 35.5. The van der Waals surface area contributed by atoms with Crippen LogP contribution in [-0.4, -0.2) is 49.0 Å². The molecule has 0 N–H and O–H groups in total. The van der Waals surface area contributed by atoms with E-state index in [1.165, 1.54) is 24.0 Å². The second-order valence-corrected chi connectivity index (χ2v) is 9.07. The van der Waals surface area contributed by atoms with Crippen LogP contribution in [0.4, 0.5) is 0 Å². The Kier molecular flexibility index (Phi) is 8.14. The second-order valence-electron chi connectivity index (χ2n) is 8.25. The van der Waals surface area contributed by atoms with Crippen molar-refractivity contribution in [3.63, 3.8) is 0 Å². The standard InChI is InChI=1S/C24H28Cl2N2O2.ClH/c1-27(23(29)15-16-8-10-19(25)20(26)14-16)24-18-6-5-7-22(30-2)17(18)9-11-21(24)28-12-3-4-13-28;/h5-8,10,14,21,24H,3-4,9,11-13,15H2,1-2H3;1H/t21-,24-;/m1./s1. The summed E-state index contributed by atoms with van der Waals surface area (Å²) in [4.78, 5) is 17.8. The molecule has 0 spiro atoms. The van der Waals surface area contributed by atoms with Gasteiger partial charge in [0.15, 0.2) is 0 Å². The molecule has 1 fully saturated rings. The van der Waals surface area contributed by atoms with Crippen molar-refractivity contribution in [1.29, 1.82) is 0 Å². The Balaban J connectivity index is 0.00000272. The van der Waals surface area contributed by atoms with Gasteiger partial charge in [-0.15, -0.1) is 12.4 Å². The van der Waals surface area contributed by atoms with Crippen molar-refractivity contribution in [2.45, 2.75) is 44.2 Å². The smallest absolute Gasteiger partial charge is 0.227 e. The SMILES string of the molecule is COc1cccc2c1CC[C@@H](N1CCCC1)[C@@H]2N(C)C(=O)Cc1ccc(Cl)c(Cl)c1.Cl. The minimum Gasteiger partial charge on any atom is -0.496 e. The average Bonchev–Trinajstić information content (AvgIpc) is 3.29. The molecule has 0 aromatic heterocycles. The number of nitrogens with zero attached hydrogens (tertiary/aromatic N) is 2. The zero-order valence-electron chi connectivity index (χ0n) is 17.9. The fourth-order valence-electron chi connectivity index (χ4n) is 5.00. The molecule has 4 rings (SSSR count). The van der Waals surface area contributed by atoms with E-state index in [9.17, 15) is 4.79 Å². The third-order valence-corrected chi connectivity index (χ3v) is 7.26. The van der Waals surface area contributed by atoms with Gasteiger partial charge in [0.2, 0.25) is 5.91 Å². The van der Waals surface area contributed by atoms with Gasteiger partial charge in [-0.1, -0.05) is 41.4 Å². The molecule has 1 aliphatic carbocycles. The summed E-state index contributed by atoms with van der Waals surface area (Å²) in [5.41, 5.74) is 3.32. The number of likely N-dealkylation sites (N-methyl/N-ethyl adjacent to an activating group) is 1. The van der Waals surface area contributed by atoms with Gasteiger partial charge in [-0.2, -0.15) is 0 Å². The van der Waals surface area contributed by atoms with E-state index in [1.807, 2.05) is 30.1 Å². The molecule has 0 bridgehead atoms. The van der Waals surface area contributed by atoms with E-state index in [1.54, 1.807) is 19.2 Å². The van der Waals surface area contributed by atoms with Crippen LogP contribution >= 0.6 is 35.6 Å². The van der Waals surface area contributed by atoms with Gasteiger partial charge in [-0.25, -0.2) is 0 Å². The maximum atomic E-state index is 13.3. The Bertz CT molecular complexity index is 931. The molecule has 1 aliphatic heterocycles. The highest BCUT2D eigenvalue weighted by Crippen LogP contribution is 2.41. The number of fused-ring (bicyclic) bond motifs is 1. The van der Waals surface area contributed by atoms with Crippen LogP contribution in [0.3, 0.4) is 0 Å². The van der Waals surface area contributed by atoms with Crippen LogP contribution < -0.4 is 4.74 Å². The molecule has 31 heavy (non-hydrogen) atoms. The first-order chi connectivity index (χ1) is 14.5. The zero-order valence-corrected chi connectivity index (χ0v) is 20.3. The van der Waals surface area contributed by atoms with Crippen LogP contribution in [0.15, 0.2) is 36.4 Å². The van der Waals surface area contributed by atoms with Gasteiger partial charge in [-0.05, 0) is 73.7 Å². The number of methoxy groups -OCH3 is 1. The first-order valence-corrected chi connectivity index (χ1v) is 11.3. The Hall–Kier alpha value is -1.46. The van der Waals surface area contributed by atoms with E-state index in [0.717, 1.165) is 37.2 Å². The number of hydrogen-bond donors (Lipinski definition) is 0. The summed E-state index contributed by atoms with van der Waals surface area (Å²) >= 11 is 12.2. The summed E-state index contributed by atoms with van der Waals surface area (Å²) in [5, 5.41) is 0.982. The van der Waals surface area contributed by atoms with E-state index in [2.05, 4.69) is 11.0 Å². The second kappa shape index (κ2) is 10.4. The van der Waals surface area contributed by atoms with Crippen LogP contribution in [0.25, 0.3) is 0 Å². The fraction of sp³-hybridized carbons (Fsp3) is 0.458. The lowest BCUT2D eigenvalue weighted by Gasteiger charge is -2.44. The number of likely N-dealkylation sites (tertiary alicyclic amines) is 1. The third kappa shape index (κ3) is 4.98. The molecule has 0 unspecified atom stereocenters. The van der Waals surface area contributed by atoms with Crippen molar-refractivity contribution in [3.05, 3.63) is 63.1 Å². The Morgan fingerprint density at radius 2 is 1.90 bits per heavy atom. The van der Waals surface area contributed by atoms with Crippen molar-refractivity contribution in [2.75, 3.05) is 27.2 Å². The molecular formula is C24H29Cl3N2O2. The molecule has 168 valence electrons. The molecule has 1 heterocycles. The Morgan fingerprint density at radius 1 is 1.16 bits per heavy atom. The summed E-state index contributed by atoms with van der Waals surface area (Å²) in [7, 11) is 3.65. The van der Waals surface area contributed by atoms with Crippen LogP contribution in [0.1, 0.15) is 42.0 Å². The molecule has 7 heteroatoms. The number of benzene rings is 2. The molecule has 2 atom stereocenters. The van der Waals surface area contributed by atoms with Crippen LogP contribution in [0, 0.1) is 0 Å². The van der Waals surface area contributed by atoms with Gasteiger partial charge in [0.1, 0.15) is 5.75 Å². The van der Waals surface area contributed by atoms with Gasteiger partial charge < -0.3 is 9.64 Å². The third-order valence-electron chi connectivity index (χ3n) is 6.52. The molecule has 1 amide bonds. The van der Waals surface area contributed by atoms with E-state index in [0.29, 0.717) is 22.5 Å². The van der Waals surface area contributed by atoms with Gasteiger partial charge in [0, 0.05) is 13.1 Å². The predicted molar refractivity (Wildman–Crippen MR) is 129 cm³/mol. The molecule has 0 saturated carbocycles. The molecule has 1 saturated heterocycles. The number of halogens is 3. The van der Waals surface area contributed by atoms with Crippen LogP contribution in [0.2, 0.25) is 10.0 Å². The van der Waals surface area contributed by atoms with E-state index in [4.69, 9.17) is 27.9 Å². The monoisotopic (exact) mass is 482 g/mol. The molecular weight excluding hydrogens is 455 g/mol. The minimum absolute atomic E-state index is 0. The summed E-state index contributed by atoms with van der Waals surface area (Å²) in [6, 6.07) is 12.0. The topological polar surface area (TPSA) is 32.8 Å². The summed E-state index contributed by atoms with van der Waals surface area (Å²) in [5.74, 6) is 1.00. The number of carbonyl (C=O) groups excluding carboxylic acids is 1. The van der Waals surface area contributed by atoms with Crippen molar-refractivity contribution >= 4 is 41.5 Å². The molecule has 2 aromatic rings. The lowest BCUT2D eigenvalue weighted by molar-refractivity contribution is -0.133. The molecule has 2 aromatic carbocycles. The van der Waals surface area contributed by atoms with Crippen LogP contribution in [-0.2, 0) is 17.6 Å². The Morgan fingerprint density at radius 3 is 2.58 bits per heavy atom. The quantitative estimate of drug-likeness (QED) is 0.557. The average molecular weight is 484 g/mol. The van der Waals surface area contributed by atoms with Crippen molar-refractivity contribution < 1.29 is 9.53 Å².